The number of thioether (sulfide) groups is 1. The number of carbonyl (C=O) groups is 1. The van der Waals surface area contributed by atoms with Crippen LogP contribution >= 0.6 is 11.8 Å². The SMILES string of the molecule is CCOc1ccccc1NC(=O)C1=C(C)Nc2nc(SCc3ccccc3F)nn2C1c1ccc([N+](=O)[O-])cc1. The van der Waals surface area contributed by atoms with Crippen molar-refractivity contribution in [2.24, 2.45) is 0 Å². The Morgan fingerprint density at radius 1 is 1.15 bits per heavy atom. The van der Waals surface area contributed by atoms with Gasteiger partial charge in [-0.3, -0.25) is 14.9 Å². The Hall–Kier alpha value is -4.71. The number of nitrogens with one attached hydrogen (secondary N) is 2. The van der Waals surface area contributed by atoms with Crippen LogP contribution in [0.2, 0.25) is 0 Å². The summed E-state index contributed by atoms with van der Waals surface area (Å²) in [5.41, 5.74) is 2.44. The molecule has 12 heteroatoms. The van der Waals surface area contributed by atoms with Gasteiger partial charge >= 0.3 is 0 Å². The minimum atomic E-state index is -0.744. The van der Waals surface area contributed by atoms with Gasteiger partial charge in [0.25, 0.3) is 11.6 Å². The molecule has 1 amide bonds. The number of non-ortho nitro benzene ring substituents is 1. The molecule has 2 N–H and O–H groups in total. The van der Waals surface area contributed by atoms with Gasteiger partial charge in [-0.1, -0.05) is 42.1 Å². The number of halogens is 1. The van der Waals surface area contributed by atoms with Gasteiger partial charge in [-0.25, -0.2) is 9.07 Å². The van der Waals surface area contributed by atoms with Gasteiger partial charge in [0.1, 0.15) is 17.6 Å². The second kappa shape index (κ2) is 11.6. The van der Waals surface area contributed by atoms with Crippen LogP contribution in [0, 0.1) is 15.9 Å². The number of fused-ring (bicyclic) bond motifs is 1. The number of nitro groups is 1. The Kier molecular flexibility index (Phi) is 7.78. The number of benzene rings is 3. The largest absolute Gasteiger partial charge is 0.492 e. The normalized spacial score (nSPS) is 14.3. The Labute approximate surface area is 233 Å². The van der Waals surface area contributed by atoms with Gasteiger partial charge in [-0.15, -0.1) is 5.10 Å². The molecule has 1 aliphatic heterocycles. The van der Waals surface area contributed by atoms with E-state index in [1.807, 2.05) is 13.0 Å². The van der Waals surface area contributed by atoms with Crippen LogP contribution in [-0.4, -0.2) is 32.2 Å². The zero-order valence-corrected chi connectivity index (χ0v) is 22.4. The quantitative estimate of drug-likeness (QED) is 0.146. The lowest BCUT2D eigenvalue weighted by atomic mass is 9.95. The van der Waals surface area contributed by atoms with E-state index in [0.717, 1.165) is 0 Å². The second-order valence-electron chi connectivity index (χ2n) is 8.84. The van der Waals surface area contributed by atoms with Crippen LogP contribution in [0.25, 0.3) is 0 Å². The summed E-state index contributed by atoms with van der Waals surface area (Å²) in [5, 5.41) is 22.4. The number of aromatic nitrogens is 3. The van der Waals surface area contributed by atoms with Crippen molar-refractivity contribution in [1.82, 2.24) is 14.8 Å². The maximum atomic E-state index is 14.2. The van der Waals surface area contributed by atoms with Crippen molar-refractivity contribution in [1.29, 1.82) is 0 Å². The first-order chi connectivity index (χ1) is 19.4. The van der Waals surface area contributed by atoms with Crippen LogP contribution < -0.4 is 15.4 Å². The van der Waals surface area contributed by atoms with E-state index >= 15 is 0 Å². The van der Waals surface area contributed by atoms with Gasteiger partial charge in [-0.05, 0) is 55.3 Å². The highest BCUT2D eigenvalue weighted by atomic mass is 32.2. The summed E-state index contributed by atoms with van der Waals surface area (Å²) in [6.07, 6.45) is 0. The predicted octanol–water partition coefficient (Wildman–Crippen LogP) is 5.94. The molecule has 0 radical (unpaired) electrons. The van der Waals surface area contributed by atoms with Crippen LogP contribution in [0.5, 0.6) is 5.75 Å². The van der Waals surface area contributed by atoms with Gasteiger partial charge in [0.2, 0.25) is 11.1 Å². The number of allylic oxidation sites excluding steroid dienone is 1. The second-order valence-corrected chi connectivity index (χ2v) is 9.78. The van der Waals surface area contributed by atoms with E-state index in [4.69, 9.17) is 4.74 Å². The molecule has 2 heterocycles. The first-order valence-electron chi connectivity index (χ1n) is 12.4. The number of rotatable bonds is 9. The van der Waals surface area contributed by atoms with Crippen molar-refractivity contribution in [2.45, 2.75) is 30.8 Å². The Morgan fingerprint density at radius 3 is 2.60 bits per heavy atom. The molecule has 0 aliphatic carbocycles. The maximum Gasteiger partial charge on any atom is 0.269 e. The van der Waals surface area contributed by atoms with Gasteiger partial charge in [0.15, 0.2) is 0 Å². The Balaban J connectivity index is 1.51. The van der Waals surface area contributed by atoms with Gasteiger partial charge < -0.3 is 15.4 Å². The molecular formula is C28H25FN6O4S. The van der Waals surface area contributed by atoms with Crippen LogP contribution in [-0.2, 0) is 10.5 Å². The number of hydrogen-bond donors (Lipinski definition) is 2. The summed E-state index contributed by atoms with van der Waals surface area (Å²) >= 11 is 1.26. The molecule has 10 nitrogen and oxygen atoms in total. The molecule has 204 valence electrons. The van der Waals surface area contributed by atoms with E-state index in [1.54, 1.807) is 60.1 Å². The van der Waals surface area contributed by atoms with Crippen LogP contribution in [0.15, 0.2) is 89.2 Å². The number of para-hydroxylation sites is 2. The fourth-order valence-electron chi connectivity index (χ4n) is 4.37. The van der Waals surface area contributed by atoms with E-state index < -0.39 is 16.9 Å². The average Bonchev–Trinajstić information content (AvgIpc) is 3.35. The molecule has 5 rings (SSSR count). The molecule has 4 aromatic rings. The van der Waals surface area contributed by atoms with Crippen molar-refractivity contribution in [3.8, 4) is 5.75 Å². The molecule has 1 atom stereocenters. The molecule has 0 saturated heterocycles. The summed E-state index contributed by atoms with van der Waals surface area (Å²) in [7, 11) is 0. The molecule has 0 spiro atoms. The van der Waals surface area contributed by atoms with E-state index in [1.165, 1.54) is 30.0 Å². The summed E-state index contributed by atoms with van der Waals surface area (Å²) in [6.45, 7) is 4.04. The smallest absolute Gasteiger partial charge is 0.269 e. The molecule has 0 fully saturated rings. The number of ether oxygens (including phenoxy) is 1. The number of nitro benzene ring substituents is 1. The molecular weight excluding hydrogens is 535 g/mol. The molecule has 1 unspecified atom stereocenters. The third-order valence-corrected chi connectivity index (χ3v) is 7.13. The lowest BCUT2D eigenvalue weighted by Crippen LogP contribution is -2.31. The summed E-state index contributed by atoms with van der Waals surface area (Å²) in [4.78, 5) is 29.1. The van der Waals surface area contributed by atoms with Crippen LogP contribution in [0.4, 0.5) is 21.7 Å². The Bertz CT molecular complexity index is 1600. The van der Waals surface area contributed by atoms with Gasteiger partial charge in [-0.2, -0.15) is 4.98 Å². The van der Waals surface area contributed by atoms with Crippen molar-refractivity contribution >= 4 is 35.0 Å². The summed E-state index contributed by atoms with van der Waals surface area (Å²) < 4.78 is 21.4. The van der Waals surface area contributed by atoms with E-state index in [2.05, 4.69) is 20.7 Å². The standard InChI is InChI=1S/C28H25FN6O4S/c1-3-39-23-11-7-6-10-22(23)31-26(36)24-17(2)30-27-32-28(40-16-19-8-4-5-9-21(19)29)33-34(27)25(24)18-12-14-20(15-13-18)35(37)38/h4-15,25H,3,16H2,1-2H3,(H,31,36)(H,30,32,33). The summed E-state index contributed by atoms with van der Waals surface area (Å²) in [6, 6.07) is 18.8. The minimum absolute atomic E-state index is 0.0741. The number of anilines is 2. The highest BCUT2D eigenvalue weighted by Gasteiger charge is 2.35. The topological polar surface area (TPSA) is 124 Å². The highest BCUT2D eigenvalue weighted by molar-refractivity contribution is 7.98. The van der Waals surface area contributed by atoms with Gasteiger partial charge in [0.05, 0.1) is 22.8 Å². The van der Waals surface area contributed by atoms with Gasteiger partial charge in [0, 0.05) is 23.6 Å². The monoisotopic (exact) mass is 560 g/mol. The van der Waals surface area contributed by atoms with Crippen molar-refractivity contribution in [2.75, 3.05) is 17.2 Å². The zero-order chi connectivity index (χ0) is 28.2. The predicted molar refractivity (Wildman–Crippen MR) is 150 cm³/mol. The van der Waals surface area contributed by atoms with Crippen LogP contribution in [0.1, 0.15) is 31.0 Å². The van der Waals surface area contributed by atoms with E-state index in [9.17, 15) is 19.3 Å². The van der Waals surface area contributed by atoms with E-state index in [0.29, 0.717) is 57.3 Å². The number of carbonyl (C=O) groups excluding carboxylic acids is 1. The molecule has 0 bridgehead atoms. The number of hydrogen-bond acceptors (Lipinski definition) is 8. The molecule has 40 heavy (non-hydrogen) atoms. The molecule has 3 aromatic carbocycles. The number of amides is 1. The zero-order valence-electron chi connectivity index (χ0n) is 21.6. The maximum absolute atomic E-state index is 14.2. The summed E-state index contributed by atoms with van der Waals surface area (Å²) in [5.74, 6) is 0.516. The molecule has 1 aliphatic rings. The van der Waals surface area contributed by atoms with Crippen molar-refractivity contribution in [3.63, 3.8) is 0 Å². The minimum Gasteiger partial charge on any atom is -0.492 e. The Morgan fingerprint density at radius 2 is 1.88 bits per heavy atom. The molecule has 1 aromatic heterocycles. The van der Waals surface area contributed by atoms with Crippen LogP contribution in [0.3, 0.4) is 0 Å². The number of nitrogens with zero attached hydrogens (tertiary/aromatic N) is 4. The highest BCUT2D eigenvalue weighted by Crippen LogP contribution is 2.38. The lowest BCUT2D eigenvalue weighted by Gasteiger charge is -2.28. The average molecular weight is 561 g/mol. The van der Waals surface area contributed by atoms with Crippen molar-refractivity contribution < 1.29 is 18.8 Å². The molecule has 0 saturated carbocycles. The third-order valence-electron chi connectivity index (χ3n) is 6.25. The lowest BCUT2D eigenvalue weighted by molar-refractivity contribution is -0.384. The third kappa shape index (κ3) is 5.52. The first-order valence-corrected chi connectivity index (χ1v) is 13.4. The fraction of sp³-hybridized carbons (Fsp3) is 0.179. The fourth-order valence-corrected chi connectivity index (χ4v) is 5.19. The first kappa shape index (κ1) is 26.9. The van der Waals surface area contributed by atoms with E-state index in [-0.39, 0.29) is 11.5 Å². The van der Waals surface area contributed by atoms with Crippen molar-refractivity contribution in [3.05, 3.63) is 111 Å².